The molecule has 124 valence electrons. The van der Waals surface area contributed by atoms with E-state index in [1.807, 2.05) is 42.5 Å². The molecule has 3 aromatic rings. The molecule has 0 bridgehead atoms. The Kier molecular flexibility index (Phi) is 5.20. The molecular weight excluding hydrogens is 372 g/mol. The fraction of sp³-hybridized carbons (Fsp3) is 0.211. The smallest absolute Gasteiger partial charge is 0.310 e. The van der Waals surface area contributed by atoms with Crippen molar-refractivity contribution in [3.8, 4) is 5.75 Å². The van der Waals surface area contributed by atoms with Gasteiger partial charge in [-0.05, 0) is 31.2 Å². The van der Waals surface area contributed by atoms with Crippen LogP contribution in [0, 0.1) is 0 Å². The molecule has 0 radical (unpaired) electrons. The molecule has 4 nitrogen and oxygen atoms in total. The van der Waals surface area contributed by atoms with E-state index in [4.69, 9.17) is 13.9 Å². The van der Waals surface area contributed by atoms with Gasteiger partial charge >= 0.3 is 5.97 Å². The Labute approximate surface area is 148 Å². The lowest BCUT2D eigenvalue weighted by molar-refractivity contribution is -0.142. The number of fused-ring (bicyclic) bond motifs is 1. The first-order valence-corrected chi connectivity index (χ1v) is 8.48. The summed E-state index contributed by atoms with van der Waals surface area (Å²) in [6, 6.07) is 13.3. The summed E-state index contributed by atoms with van der Waals surface area (Å²) in [5.74, 6) is 0.418. The Bertz CT molecular complexity index is 853. The summed E-state index contributed by atoms with van der Waals surface area (Å²) in [5, 5.41) is 1.01. The van der Waals surface area contributed by atoms with E-state index in [0.717, 1.165) is 26.6 Å². The second kappa shape index (κ2) is 7.53. The summed E-state index contributed by atoms with van der Waals surface area (Å²) >= 11 is 3.47. The predicted octanol–water partition coefficient (Wildman–Crippen LogP) is 4.88. The Balaban J connectivity index is 1.76. The molecule has 24 heavy (non-hydrogen) atoms. The minimum Gasteiger partial charge on any atom is -0.488 e. The monoisotopic (exact) mass is 388 g/mol. The Hall–Kier alpha value is -2.27. The second-order valence-corrected chi connectivity index (χ2v) is 6.20. The van der Waals surface area contributed by atoms with Gasteiger partial charge in [-0.1, -0.05) is 34.1 Å². The Morgan fingerprint density at radius 3 is 2.83 bits per heavy atom. The van der Waals surface area contributed by atoms with E-state index in [2.05, 4.69) is 15.9 Å². The number of hydrogen-bond donors (Lipinski definition) is 0. The van der Waals surface area contributed by atoms with Crippen molar-refractivity contribution in [1.82, 2.24) is 0 Å². The van der Waals surface area contributed by atoms with Crippen molar-refractivity contribution >= 4 is 32.9 Å². The number of ether oxygens (including phenoxy) is 2. The Morgan fingerprint density at radius 1 is 1.17 bits per heavy atom. The average Bonchev–Trinajstić information content (AvgIpc) is 2.96. The maximum Gasteiger partial charge on any atom is 0.310 e. The summed E-state index contributed by atoms with van der Waals surface area (Å²) in [4.78, 5) is 11.7. The van der Waals surface area contributed by atoms with Gasteiger partial charge in [0.25, 0.3) is 0 Å². The Morgan fingerprint density at radius 2 is 2.00 bits per heavy atom. The van der Waals surface area contributed by atoms with Crippen molar-refractivity contribution in [2.45, 2.75) is 20.0 Å². The maximum atomic E-state index is 11.7. The fourth-order valence-electron chi connectivity index (χ4n) is 2.48. The number of hydrogen-bond acceptors (Lipinski definition) is 4. The van der Waals surface area contributed by atoms with E-state index in [1.165, 1.54) is 0 Å². The van der Waals surface area contributed by atoms with Gasteiger partial charge < -0.3 is 13.9 Å². The molecule has 0 spiro atoms. The van der Waals surface area contributed by atoms with Crippen LogP contribution in [-0.4, -0.2) is 12.6 Å². The standard InChI is InChI=1S/C19H17BrO4/c1-2-22-19(21)9-13-5-3-4-6-17(13)23-11-14-12-24-18-8-7-15(20)10-16(14)18/h3-8,10,12H,2,9,11H2,1H3. The third-order valence-electron chi connectivity index (χ3n) is 3.61. The largest absolute Gasteiger partial charge is 0.488 e. The highest BCUT2D eigenvalue weighted by atomic mass is 79.9. The summed E-state index contributed by atoms with van der Waals surface area (Å²) in [6.45, 7) is 2.53. The predicted molar refractivity (Wildman–Crippen MR) is 95.0 cm³/mol. The minimum atomic E-state index is -0.258. The highest BCUT2D eigenvalue weighted by Gasteiger charge is 2.11. The van der Waals surface area contributed by atoms with E-state index >= 15 is 0 Å². The molecule has 1 aromatic heterocycles. The van der Waals surface area contributed by atoms with Crippen LogP contribution in [0.25, 0.3) is 11.0 Å². The van der Waals surface area contributed by atoms with Gasteiger partial charge in [-0.3, -0.25) is 4.79 Å². The third kappa shape index (κ3) is 3.79. The van der Waals surface area contributed by atoms with E-state index in [-0.39, 0.29) is 12.4 Å². The van der Waals surface area contributed by atoms with Gasteiger partial charge in [-0.15, -0.1) is 0 Å². The normalized spacial score (nSPS) is 10.8. The fourth-order valence-corrected chi connectivity index (χ4v) is 2.84. The van der Waals surface area contributed by atoms with Crippen LogP contribution >= 0.6 is 15.9 Å². The van der Waals surface area contributed by atoms with Gasteiger partial charge in [-0.2, -0.15) is 0 Å². The maximum absolute atomic E-state index is 11.7. The molecule has 0 unspecified atom stereocenters. The second-order valence-electron chi connectivity index (χ2n) is 5.28. The highest BCUT2D eigenvalue weighted by molar-refractivity contribution is 9.10. The zero-order chi connectivity index (χ0) is 16.9. The van der Waals surface area contributed by atoms with Crippen LogP contribution in [0.1, 0.15) is 18.1 Å². The number of rotatable bonds is 6. The molecule has 0 saturated carbocycles. The van der Waals surface area contributed by atoms with E-state index in [1.54, 1.807) is 13.2 Å². The summed E-state index contributed by atoms with van der Waals surface area (Å²) in [6.07, 6.45) is 1.90. The molecule has 2 aromatic carbocycles. The molecule has 3 rings (SSSR count). The van der Waals surface area contributed by atoms with Crippen LogP contribution in [0.2, 0.25) is 0 Å². The summed E-state index contributed by atoms with van der Waals surface area (Å²) in [5.41, 5.74) is 2.58. The molecule has 0 aliphatic heterocycles. The van der Waals surface area contributed by atoms with Crippen LogP contribution < -0.4 is 4.74 Å². The summed E-state index contributed by atoms with van der Waals surface area (Å²) < 4.78 is 17.5. The number of esters is 1. The molecule has 0 N–H and O–H groups in total. The van der Waals surface area contributed by atoms with Crippen LogP contribution in [0.3, 0.4) is 0 Å². The number of carbonyl (C=O) groups excluding carboxylic acids is 1. The van der Waals surface area contributed by atoms with E-state index in [0.29, 0.717) is 19.0 Å². The van der Waals surface area contributed by atoms with Gasteiger partial charge in [0.1, 0.15) is 17.9 Å². The quantitative estimate of drug-likeness (QED) is 0.564. The lowest BCUT2D eigenvalue weighted by atomic mass is 10.1. The van der Waals surface area contributed by atoms with Crippen molar-refractivity contribution in [3.05, 3.63) is 64.3 Å². The molecule has 0 fully saturated rings. The lowest BCUT2D eigenvalue weighted by Crippen LogP contribution is -2.09. The van der Waals surface area contributed by atoms with Crippen molar-refractivity contribution in [1.29, 1.82) is 0 Å². The average molecular weight is 389 g/mol. The summed E-state index contributed by atoms with van der Waals surface area (Å²) in [7, 11) is 0. The zero-order valence-corrected chi connectivity index (χ0v) is 14.8. The van der Waals surface area contributed by atoms with Crippen molar-refractivity contribution in [3.63, 3.8) is 0 Å². The third-order valence-corrected chi connectivity index (χ3v) is 4.10. The van der Waals surface area contributed by atoms with Crippen LogP contribution in [0.5, 0.6) is 5.75 Å². The molecule has 0 saturated heterocycles. The molecule has 1 heterocycles. The van der Waals surface area contributed by atoms with Gasteiger partial charge in [0, 0.05) is 21.0 Å². The zero-order valence-electron chi connectivity index (χ0n) is 13.3. The molecule has 0 amide bonds. The SMILES string of the molecule is CCOC(=O)Cc1ccccc1OCc1coc2ccc(Br)cc12. The highest BCUT2D eigenvalue weighted by Crippen LogP contribution is 2.27. The number of para-hydroxylation sites is 1. The minimum absolute atomic E-state index is 0.196. The van der Waals surface area contributed by atoms with Crippen LogP contribution in [0.15, 0.2) is 57.6 Å². The molecule has 0 aliphatic carbocycles. The first kappa shape index (κ1) is 16.6. The molecular formula is C19H17BrO4. The van der Waals surface area contributed by atoms with Crippen molar-refractivity contribution in [2.24, 2.45) is 0 Å². The van der Waals surface area contributed by atoms with Crippen molar-refractivity contribution in [2.75, 3.05) is 6.61 Å². The van der Waals surface area contributed by atoms with Gasteiger partial charge in [-0.25, -0.2) is 0 Å². The number of furan rings is 1. The molecule has 0 aliphatic rings. The van der Waals surface area contributed by atoms with Crippen LogP contribution in [-0.2, 0) is 22.6 Å². The topological polar surface area (TPSA) is 48.7 Å². The number of benzene rings is 2. The van der Waals surface area contributed by atoms with Gasteiger partial charge in [0.2, 0.25) is 0 Å². The first-order chi connectivity index (χ1) is 11.7. The van der Waals surface area contributed by atoms with Gasteiger partial charge in [0.15, 0.2) is 0 Å². The number of carbonyl (C=O) groups is 1. The van der Waals surface area contributed by atoms with Gasteiger partial charge in [0.05, 0.1) is 19.3 Å². The molecule has 0 atom stereocenters. The lowest BCUT2D eigenvalue weighted by Gasteiger charge is -2.10. The van der Waals surface area contributed by atoms with E-state index in [9.17, 15) is 4.79 Å². The first-order valence-electron chi connectivity index (χ1n) is 7.69. The molecule has 5 heteroatoms. The van der Waals surface area contributed by atoms with Crippen molar-refractivity contribution < 1.29 is 18.7 Å². The number of halogens is 1. The van der Waals surface area contributed by atoms with E-state index < -0.39 is 0 Å². The van der Waals surface area contributed by atoms with Crippen LogP contribution in [0.4, 0.5) is 0 Å².